The lowest BCUT2D eigenvalue weighted by Gasteiger charge is -2.25. The molecule has 0 saturated carbocycles. The number of aromatic amines is 1. The Kier molecular flexibility index (Phi) is 7.48. The smallest absolute Gasteiger partial charge is 0.276 e. The topological polar surface area (TPSA) is 95.0 Å². The SMILES string of the molecule is O=C1CC[C@H](/C(O)=C\CC(F)(F)c2ccccc2)N1CCCCCCc1nn[nH]n1. The summed E-state index contributed by atoms with van der Waals surface area (Å²) in [7, 11) is 0. The van der Waals surface area contributed by atoms with Crippen LogP contribution < -0.4 is 0 Å². The second-order valence-corrected chi connectivity index (χ2v) is 7.54. The first-order valence-corrected chi connectivity index (χ1v) is 10.3. The van der Waals surface area contributed by atoms with E-state index in [0.717, 1.165) is 38.2 Å². The third-order valence-electron chi connectivity index (χ3n) is 5.37. The van der Waals surface area contributed by atoms with Gasteiger partial charge in [0.05, 0.1) is 6.04 Å². The van der Waals surface area contributed by atoms with E-state index in [4.69, 9.17) is 0 Å². The van der Waals surface area contributed by atoms with E-state index in [-0.39, 0.29) is 17.2 Å². The lowest BCUT2D eigenvalue weighted by atomic mass is 10.0. The number of nitrogens with zero attached hydrogens (tertiary/aromatic N) is 4. The van der Waals surface area contributed by atoms with E-state index in [9.17, 15) is 18.7 Å². The van der Waals surface area contributed by atoms with Crippen molar-refractivity contribution in [1.82, 2.24) is 25.5 Å². The van der Waals surface area contributed by atoms with Gasteiger partial charge in [-0.25, -0.2) is 8.78 Å². The molecule has 2 heterocycles. The number of nitrogens with one attached hydrogen (secondary N) is 1. The molecular weight excluding hydrogens is 392 g/mol. The van der Waals surface area contributed by atoms with Crippen LogP contribution in [0.15, 0.2) is 42.2 Å². The Balaban J connectivity index is 1.46. The summed E-state index contributed by atoms with van der Waals surface area (Å²) in [5.74, 6) is -2.57. The van der Waals surface area contributed by atoms with Crippen LogP contribution in [0.25, 0.3) is 0 Å². The molecule has 1 fully saturated rings. The number of halogens is 2. The monoisotopic (exact) mass is 419 g/mol. The maximum Gasteiger partial charge on any atom is 0.276 e. The lowest BCUT2D eigenvalue weighted by molar-refractivity contribution is -0.128. The number of hydrogen-bond acceptors (Lipinski definition) is 5. The largest absolute Gasteiger partial charge is 0.510 e. The molecular formula is C21H27F2N5O2. The van der Waals surface area contributed by atoms with Crippen molar-refractivity contribution in [2.45, 2.75) is 63.3 Å². The van der Waals surface area contributed by atoms with Crippen molar-refractivity contribution in [2.24, 2.45) is 0 Å². The van der Waals surface area contributed by atoms with Gasteiger partial charge >= 0.3 is 0 Å². The van der Waals surface area contributed by atoms with Gasteiger partial charge < -0.3 is 10.0 Å². The minimum atomic E-state index is -3.07. The summed E-state index contributed by atoms with van der Waals surface area (Å²) in [5.41, 5.74) is -0.0887. The zero-order valence-corrected chi connectivity index (χ0v) is 16.8. The van der Waals surface area contributed by atoms with Crippen LogP contribution in [-0.2, 0) is 17.1 Å². The maximum absolute atomic E-state index is 14.3. The number of aliphatic hydroxyl groups excluding tert-OH is 1. The summed E-state index contributed by atoms with van der Waals surface area (Å²) in [6, 6.07) is 7.03. The van der Waals surface area contributed by atoms with Crippen LogP contribution in [0.1, 0.15) is 56.3 Å². The van der Waals surface area contributed by atoms with Gasteiger partial charge in [-0.2, -0.15) is 5.21 Å². The molecule has 1 amide bonds. The number of hydrogen-bond donors (Lipinski definition) is 2. The van der Waals surface area contributed by atoms with Gasteiger partial charge in [-0.15, -0.1) is 10.2 Å². The van der Waals surface area contributed by atoms with Crippen molar-refractivity contribution in [3.63, 3.8) is 0 Å². The Labute approximate surface area is 174 Å². The number of aromatic nitrogens is 4. The lowest BCUT2D eigenvalue weighted by Crippen LogP contribution is -2.35. The molecule has 30 heavy (non-hydrogen) atoms. The average molecular weight is 419 g/mol. The minimum absolute atomic E-state index is 0.0402. The van der Waals surface area contributed by atoms with Gasteiger partial charge in [0.2, 0.25) is 5.91 Å². The van der Waals surface area contributed by atoms with E-state index >= 15 is 0 Å². The number of allylic oxidation sites excluding steroid dienone is 1. The fraction of sp³-hybridized carbons (Fsp3) is 0.524. The van der Waals surface area contributed by atoms with Crippen molar-refractivity contribution in [2.75, 3.05) is 6.54 Å². The predicted octanol–water partition coefficient (Wildman–Crippen LogP) is 3.92. The number of alkyl halides is 2. The van der Waals surface area contributed by atoms with E-state index in [1.807, 2.05) is 0 Å². The van der Waals surface area contributed by atoms with E-state index in [1.54, 1.807) is 23.1 Å². The van der Waals surface area contributed by atoms with Crippen molar-refractivity contribution < 1.29 is 18.7 Å². The highest BCUT2D eigenvalue weighted by Crippen LogP contribution is 2.33. The molecule has 7 nitrogen and oxygen atoms in total. The second-order valence-electron chi connectivity index (χ2n) is 7.54. The predicted molar refractivity (Wildman–Crippen MR) is 107 cm³/mol. The summed E-state index contributed by atoms with van der Waals surface area (Å²) in [6.45, 7) is 0.513. The van der Waals surface area contributed by atoms with Gasteiger partial charge in [0.25, 0.3) is 5.92 Å². The molecule has 1 atom stereocenters. The van der Waals surface area contributed by atoms with Crippen LogP contribution in [0.5, 0.6) is 0 Å². The molecule has 9 heteroatoms. The van der Waals surface area contributed by atoms with Crippen molar-refractivity contribution in [1.29, 1.82) is 0 Å². The Morgan fingerprint density at radius 2 is 2.00 bits per heavy atom. The fourth-order valence-electron chi connectivity index (χ4n) is 3.70. The molecule has 1 aromatic carbocycles. The van der Waals surface area contributed by atoms with Gasteiger partial charge in [-0.05, 0) is 25.3 Å². The third kappa shape index (κ3) is 5.84. The van der Waals surface area contributed by atoms with Gasteiger partial charge in [-0.3, -0.25) is 4.79 Å². The number of aryl methyl sites for hydroxylation is 1. The highest BCUT2D eigenvalue weighted by molar-refractivity contribution is 5.79. The molecule has 0 spiro atoms. The number of H-pyrrole nitrogens is 1. The first-order valence-electron chi connectivity index (χ1n) is 10.3. The summed E-state index contributed by atoms with van der Waals surface area (Å²) >= 11 is 0. The first kappa shape index (κ1) is 21.9. The van der Waals surface area contributed by atoms with E-state index in [0.29, 0.717) is 25.2 Å². The van der Waals surface area contributed by atoms with Crippen LogP contribution in [0.2, 0.25) is 0 Å². The molecule has 1 saturated heterocycles. The minimum Gasteiger partial charge on any atom is -0.510 e. The molecule has 0 bridgehead atoms. The molecule has 2 N–H and O–H groups in total. The Morgan fingerprint density at radius 1 is 1.23 bits per heavy atom. The normalized spacial score (nSPS) is 17.7. The van der Waals surface area contributed by atoms with Gasteiger partial charge in [0, 0.05) is 31.4 Å². The van der Waals surface area contributed by atoms with Crippen LogP contribution in [-0.4, -0.2) is 49.1 Å². The van der Waals surface area contributed by atoms with E-state index in [2.05, 4.69) is 20.6 Å². The fourth-order valence-corrected chi connectivity index (χ4v) is 3.70. The Bertz CT molecular complexity index is 827. The van der Waals surface area contributed by atoms with E-state index in [1.165, 1.54) is 12.1 Å². The molecule has 2 aromatic rings. The number of likely N-dealkylation sites (tertiary alicyclic amines) is 1. The number of rotatable bonds is 11. The number of carbonyl (C=O) groups excluding carboxylic acids is 1. The number of unbranched alkanes of at least 4 members (excludes halogenated alkanes) is 3. The Morgan fingerprint density at radius 3 is 2.73 bits per heavy atom. The highest BCUT2D eigenvalue weighted by atomic mass is 19.3. The zero-order valence-electron chi connectivity index (χ0n) is 16.8. The Hall–Kier alpha value is -2.84. The van der Waals surface area contributed by atoms with Gasteiger partial charge in [0.1, 0.15) is 5.76 Å². The molecule has 162 valence electrons. The number of tetrazole rings is 1. The first-order chi connectivity index (χ1) is 14.5. The highest BCUT2D eigenvalue weighted by Gasteiger charge is 2.35. The van der Waals surface area contributed by atoms with Crippen LogP contribution in [0.4, 0.5) is 8.78 Å². The van der Waals surface area contributed by atoms with Crippen molar-refractivity contribution in [3.8, 4) is 0 Å². The summed E-state index contributed by atoms with van der Waals surface area (Å²) in [5, 5.41) is 24.1. The second kappa shape index (κ2) is 10.3. The zero-order chi connectivity index (χ0) is 21.4. The summed E-state index contributed by atoms with van der Waals surface area (Å²) < 4.78 is 28.7. The average Bonchev–Trinajstić information content (AvgIpc) is 3.39. The molecule has 0 aliphatic carbocycles. The number of carbonyl (C=O) groups is 1. The standard InChI is InChI=1S/C21H27F2N5O2/c22-21(23,16-8-4-3-5-9-16)14-13-18(29)17-11-12-20(30)28(17)15-7-2-1-6-10-19-24-26-27-25-19/h3-5,8-9,13,17,29H,1-2,6-7,10-12,14-15H2,(H,24,25,26,27)/b18-13+/t17-/m1/s1. The molecule has 1 aliphatic rings. The van der Waals surface area contributed by atoms with Gasteiger partial charge in [-0.1, -0.05) is 48.4 Å². The summed E-state index contributed by atoms with van der Waals surface area (Å²) in [6.07, 6.45) is 5.70. The number of aliphatic hydroxyl groups is 1. The van der Waals surface area contributed by atoms with Crippen molar-refractivity contribution in [3.05, 3.63) is 53.6 Å². The third-order valence-corrected chi connectivity index (χ3v) is 5.37. The number of benzene rings is 1. The van der Waals surface area contributed by atoms with Crippen LogP contribution >= 0.6 is 0 Å². The van der Waals surface area contributed by atoms with Gasteiger partial charge in [0.15, 0.2) is 5.82 Å². The molecule has 1 aliphatic heterocycles. The molecule has 1 aromatic heterocycles. The molecule has 0 unspecified atom stereocenters. The summed E-state index contributed by atoms with van der Waals surface area (Å²) in [4.78, 5) is 13.8. The maximum atomic E-state index is 14.3. The molecule has 3 rings (SSSR count). The molecule has 0 radical (unpaired) electrons. The van der Waals surface area contributed by atoms with E-state index < -0.39 is 18.4 Å². The van der Waals surface area contributed by atoms with Crippen LogP contribution in [0.3, 0.4) is 0 Å². The number of amides is 1. The van der Waals surface area contributed by atoms with Crippen molar-refractivity contribution >= 4 is 5.91 Å². The quantitative estimate of drug-likeness (QED) is 0.425. The van der Waals surface area contributed by atoms with Crippen LogP contribution in [0, 0.1) is 0 Å².